The third kappa shape index (κ3) is 5.77. The zero-order chi connectivity index (χ0) is 27.1. The van der Waals surface area contributed by atoms with Crippen LogP contribution in [0.5, 0.6) is 0 Å². The average molecular weight is 554 g/mol. The number of piperazine rings is 1. The number of benzene rings is 1. The number of imidazole rings is 1. The summed E-state index contributed by atoms with van der Waals surface area (Å²) < 4.78 is 107. The monoisotopic (exact) mass is 553 g/mol. The summed E-state index contributed by atoms with van der Waals surface area (Å²) in [5.74, 6) is -5.21. The first-order chi connectivity index (χ1) is 17.2. The largest absolute Gasteiger partial charge is 0.416 e. The van der Waals surface area contributed by atoms with Gasteiger partial charge in [0.15, 0.2) is 5.03 Å². The van der Waals surface area contributed by atoms with Crippen LogP contribution in [-0.2, 0) is 16.2 Å². The number of amides is 1. The number of sulfonamides is 1. The predicted molar refractivity (Wildman–Crippen MR) is 119 cm³/mol. The molecular formula is C22H25F6N5O3S. The van der Waals surface area contributed by atoms with Gasteiger partial charge in [0.1, 0.15) is 5.82 Å². The molecule has 2 aliphatic rings. The van der Waals surface area contributed by atoms with Crippen LogP contribution < -0.4 is 5.32 Å². The van der Waals surface area contributed by atoms with Crippen molar-refractivity contribution in [2.24, 2.45) is 0 Å². The second-order valence-electron chi connectivity index (χ2n) is 9.26. The van der Waals surface area contributed by atoms with Crippen LogP contribution in [0.3, 0.4) is 0 Å². The highest BCUT2D eigenvalue weighted by atomic mass is 32.2. The lowest BCUT2D eigenvalue weighted by Crippen LogP contribution is -2.63. The molecule has 1 saturated heterocycles. The Hall–Kier alpha value is -2.65. The number of nitrogens with one attached hydrogen (secondary N) is 2. The van der Waals surface area contributed by atoms with E-state index in [4.69, 9.17) is 0 Å². The van der Waals surface area contributed by atoms with Crippen molar-refractivity contribution in [2.45, 2.75) is 48.3 Å². The SMILES string of the molecule is O=C(NCC1(N2CCN(S(=O)(=O)c3cnc[nH]3)CC2)CCC(F)(F)CC1)c1ccc(C(F)(F)F)cc1F. The number of halogens is 6. The fourth-order valence-corrected chi connectivity index (χ4v) is 6.15. The highest BCUT2D eigenvalue weighted by Gasteiger charge is 2.48. The average Bonchev–Trinajstić information content (AvgIpc) is 3.39. The van der Waals surface area contributed by atoms with Crippen molar-refractivity contribution in [1.82, 2.24) is 24.5 Å². The van der Waals surface area contributed by atoms with E-state index in [1.54, 1.807) is 0 Å². The maximum absolute atomic E-state index is 14.3. The van der Waals surface area contributed by atoms with Crippen LogP contribution in [0.2, 0.25) is 0 Å². The molecule has 2 N–H and O–H groups in total. The Morgan fingerprint density at radius 1 is 1.08 bits per heavy atom. The Morgan fingerprint density at radius 3 is 2.27 bits per heavy atom. The third-order valence-corrected chi connectivity index (χ3v) is 8.86. The molecular weight excluding hydrogens is 528 g/mol. The highest BCUT2D eigenvalue weighted by Crippen LogP contribution is 2.42. The zero-order valence-corrected chi connectivity index (χ0v) is 20.3. The second-order valence-corrected chi connectivity index (χ2v) is 11.2. The molecule has 2 fully saturated rings. The molecule has 1 aromatic heterocycles. The van der Waals surface area contributed by atoms with Gasteiger partial charge in [0.25, 0.3) is 15.9 Å². The van der Waals surface area contributed by atoms with Crippen LogP contribution in [0.25, 0.3) is 0 Å². The van der Waals surface area contributed by atoms with Crippen molar-refractivity contribution in [2.75, 3.05) is 32.7 Å². The number of alkyl halides is 5. The lowest BCUT2D eigenvalue weighted by Gasteiger charge is -2.50. The minimum atomic E-state index is -4.78. The second kappa shape index (κ2) is 9.91. The van der Waals surface area contributed by atoms with Gasteiger partial charge in [-0.3, -0.25) is 9.69 Å². The molecule has 0 atom stereocenters. The van der Waals surface area contributed by atoms with E-state index in [1.165, 1.54) is 16.8 Å². The van der Waals surface area contributed by atoms with Crippen molar-refractivity contribution >= 4 is 15.9 Å². The molecule has 1 saturated carbocycles. The van der Waals surface area contributed by atoms with Crippen molar-refractivity contribution < 1.29 is 39.6 Å². The molecule has 204 valence electrons. The van der Waals surface area contributed by atoms with E-state index in [-0.39, 0.29) is 56.7 Å². The summed E-state index contributed by atoms with van der Waals surface area (Å²) in [5.41, 5.74) is -2.79. The number of H-pyrrole nitrogens is 1. The van der Waals surface area contributed by atoms with Crippen LogP contribution in [0, 0.1) is 5.82 Å². The van der Waals surface area contributed by atoms with Gasteiger partial charge in [-0.15, -0.1) is 0 Å². The van der Waals surface area contributed by atoms with Gasteiger partial charge < -0.3 is 10.3 Å². The van der Waals surface area contributed by atoms with E-state index in [2.05, 4.69) is 15.3 Å². The first-order valence-corrected chi connectivity index (χ1v) is 12.9. The Labute approximate surface area is 209 Å². The highest BCUT2D eigenvalue weighted by molar-refractivity contribution is 7.89. The summed E-state index contributed by atoms with van der Waals surface area (Å²) in [5, 5.41) is 2.43. The van der Waals surface area contributed by atoms with Gasteiger partial charge in [-0.05, 0) is 31.0 Å². The van der Waals surface area contributed by atoms with Crippen molar-refractivity contribution in [1.29, 1.82) is 0 Å². The Balaban J connectivity index is 1.47. The van der Waals surface area contributed by atoms with Crippen molar-refractivity contribution in [3.05, 3.63) is 47.7 Å². The maximum atomic E-state index is 14.3. The molecule has 0 bridgehead atoms. The van der Waals surface area contributed by atoms with Crippen LogP contribution in [-0.4, -0.2) is 77.7 Å². The molecule has 37 heavy (non-hydrogen) atoms. The number of hydrogen-bond acceptors (Lipinski definition) is 5. The fraction of sp³-hybridized carbons (Fsp3) is 0.545. The van der Waals surface area contributed by atoms with Gasteiger partial charge in [-0.25, -0.2) is 26.6 Å². The molecule has 1 aliphatic heterocycles. The summed E-state index contributed by atoms with van der Waals surface area (Å²) >= 11 is 0. The molecule has 0 unspecified atom stereocenters. The van der Waals surface area contributed by atoms with E-state index in [0.717, 1.165) is 6.07 Å². The number of aromatic nitrogens is 2. The van der Waals surface area contributed by atoms with Crippen molar-refractivity contribution in [3.8, 4) is 0 Å². The summed E-state index contributed by atoms with van der Waals surface area (Å²) in [6, 6.07) is 1.55. The van der Waals surface area contributed by atoms with E-state index >= 15 is 0 Å². The maximum Gasteiger partial charge on any atom is 0.416 e. The molecule has 0 radical (unpaired) electrons. The lowest BCUT2D eigenvalue weighted by molar-refractivity contribution is -0.137. The minimum absolute atomic E-state index is 0.0108. The van der Waals surface area contributed by atoms with Crippen LogP contribution >= 0.6 is 0 Å². The molecule has 2 aromatic rings. The standard InChI is InChI=1S/C22H25F6N5O3S/c23-17-11-15(22(26,27)28)1-2-16(17)19(34)30-13-20(3-5-21(24,25)6-4-20)32-7-9-33(10-8-32)37(35,36)18-12-29-14-31-18/h1-2,11-12,14H,3-10,13H2,(H,29,31)(H,30,34). The molecule has 15 heteroatoms. The van der Waals surface area contributed by atoms with E-state index < -0.39 is 63.4 Å². The number of carbonyl (C=O) groups is 1. The third-order valence-electron chi connectivity index (χ3n) is 7.03. The number of rotatable bonds is 6. The summed E-state index contributed by atoms with van der Waals surface area (Å²) in [4.78, 5) is 20.8. The number of nitrogens with zero attached hydrogens (tertiary/aromatic N) is 3. The van der Waals surface area contributed by atoms with Crippen LogP contribution in [0.15, 0.2) is 35.7 Å². The van der Waals surface area contributed by atoms with Gasteiger partial charge in [-0.2, -0.15) is 17.5 Å². The Bertz CT molecular complexity index is 1220. The van der Waals surface area contributed by atoms with Crippen LogP contribution in [0.4, 0.5) is 26.3 Å². The number of aromatic amines is 1. The molecule has 1 aliphatic carbocycles. The zero-order valence-electron chi connectivity index (χ0n) is 19.5. The molecule has 4 rings (SSSR count). The van der Waals surface area contributed by atoms with Gasteiger partial charge in [0.05, 0.1) is 23.7 Å². The van der Waals surface area contributed by atoms with Gasteiger partial charge in [0, 0.05) is 51.1 Å². The summed E-state index contributed by atoms with van der Waals surface area (Å²) in [7, 11) is -3.81. The first-order valence-electron chi connectivity index (χ1n) is 11.5. The Kier molecular flexibility index (Phi) is 7.33. The van der Waals surface area contributed by atoms with E-state index in [0.29, 0.717) is 6.07 Å². The topological polar surface area (TPSA) is 98.4 Å². The molecule has 1 amide bonds. The number of carbonyl (C=O) groups excluding carboxylic acids is 1. The molecule has 2 heterocycles. The van der Waals surface area contributed by atoms with E-state index in [1.807, 2.05) is 4.90 Å². The molecule has 1 aromatic carbocycles. The van der Waals surface area contributed by atoms with E-state index in [9.17, 15) is 39.6 Å². The minimum Gasteiger partial charge on any atom is -0.350 e. The summed E-state index contributed by atoms with van der Waals surface area (Å²) in [6.07, 6.45) is -3.29. The summed E-state index contributed by atoms with van der Waals surface area (Å²) in [6.45, 7) is 0.379. The normalized spacial score (nSPS) is 21.0. The Morgan fingerprint density at radius 2 is 1.73 bits per heavy atom. The van der Waals surface area contributed by atoms with Gasteiger partial charge in [0.2, 0.25) is 5.92 Å². The quantitative estimate of drug-likeness (QED) is 0.536. The smallest absolute Gasteiger partial charge is 0.350 e. The first kappa shape index (κ1) is 27.4. The lowest BCUT2D eigenvalue weighted by atomic mass is 9.78. The fourth-order valence-electron chi connectivity index (χ4n) is 4.83. The molecule has 8 nitrogen and oxygen atoms in total. The van der Waals surface area contributed by atoms with Crippen molar-refractivity contribution in [3.63, 3.8) is 0 Å². The number of hydrogen-bond donors (Lipinski definition) is 2. The van der Waals surface area contributed by atoms with Gasteiger partial charge >= 0.3 is 6.18 Å². The van der Waals surface area contributed by atoms with Gasteiger partial charge in [-0.1, -0.05) is 0 Å². The predicted octanol–water partition coefficient (Wildman–Crippen LogP) is 3.25. The van der Waals surface area contributed by atoms with Crippen LogP contribution in [0.1, 0.15) is 41.6 Å². The molecule has 0 spiro atoms.